The summed E-state index contributed by atoms with van der Waals surface area (Å²) in [6.07, 6.45) is 4.32. The fourth-order valence-electron chi connectivity index (χ4n) is 0.371. The second-order valence-corrected chi connectivity index (χ2v) is 3.33. The van der Waals surface area contributed by atoms with Crippen molar-refractivity contribution in [3.05, 3.63) is 12.2 Å². The number of rotatable bonds is 3. The Balaban J connectivity index is 3.07. The fourth-order valence-corrected chi connectivity index (χ4v) is 0.826. The second-order valence-electron chi connectivity index (χ2n) is 1.97. The van der Waals surface area contributed by atoms with Gasteiger partial charge >= 0.3 is 0 Å². The topological polar surface area (TPSA) is 0 Å². The Morgan fingerprint density at radius 3 is 2.62 bits per heavy atom. The first-order valence-electron chi connectivity index (χ1n) is 2.70. The summed E-state index contributed by atoms with van der Waals surface area (Å²) in [7, 11) is 1.55. The highest BCUT2D eigenvalue weighted by atomic mass is 33.1. The van der Waals surface area contributed by atoms with Crippen LogP contribution in [0.15, 0.2) is 12.2 Å². The minimum Gasteiger partial charge on any atom is -0.111 e. The van der Waals surface area contributed by atoms with E-state index in [1.165, 1.54) is 0 Å². The predicted molar refractivity (Wildman–Crippen MR) is 45.4 cm³/mol. The molecule has 0 spiro atoms. The molecule has 0 unspecified atom stereocenters. The van der Waals surface area contributed by atoms with Crippen LogP contribution in [-0.4, -0.2) is 5.75 Å². The third-order valence-corrected chi connectivity index (χ3v) is 1.48. The van der Waals surface area contributed by atoms with Crippen molar-refractivity contribution in [2.24, 2.45) is 5.92 Å². The summed E-state index contributed by atoms with van der Waals surface area (Å²) in [4.78, 5) is 0. The molecule has 0 amide bonds. The zero-order valence-electron chi connectivity index (χ0n) is 5.29. The summed E-state index contributed by atoms with van der Waals surface area (Å²) < 4.78 is 0. The maximum absolute atomic E-state index is 3.99. The van der Waals surface area contributed by atoms with Crippen LogP contribution in [0.1, 0.15) is 13.8 Å². The highest BCUT2D eigenvalue weighted by Crippen LogP contribution is 2.04. The standard InChI is InChI=1S/C6H12S2/c1-6(2)4-3-5-8-7/h3-4,6-7H,5H2,1-2H3/b4-3+. The lowest BCUT2D eigenvalue weighted by Gasteiger charge is -1.90. The molecule has 0 bridgehead atoms. The molecule has 0 radical (unpaired) electrons. The third kappa shape index (κ3) is 6.44. The zero-order chi connectivity index (χ0) is 6.41. The van der Waals surface area contributed by atoms with E-state index in [0.29, 0.717) is 5.92 Å². The van der Waals surface area contributed by atoms with E-state index < -0.39 is 0 Å². The summed E-state index contributed by atoms with van der Waals surface area (Å²) in [5, 5.41) is 0. The lowest BCUT2D eigenvalue weighted by molar-refractivity contribution is 0.830. The molecule has 0 saturated carbocycles. The quantitative estimate of drug-likeness (QED) is 0.365. The van der Waals surface area contributed by atoms with E-state index in [2.05, 4.69) is 37.7 Å². The smallest absolute Gasteiger partial charge is 0.0215 e. The average Bonchev–Trinajstić information content (AvgIpc) is 1.66. The monoisotopic (exact) mass is 148 g/mol. The van der Waals surface area contributed by atoms with Gasteiger partial charge in [0.25, 0.3) is 0 Å². The van der Waals surface area contributed by atoms with Crippen LogP contribution in [0.3, 0.4) is 0 Å². The normalized spacial score (nSPS) is 11.5. The van der Waals surface area contributed by atoms with Crippen molar-refractivity contribution in [1.29, 1.82) is 0 Å². The molecular weight excluding hydrogens is 136 g/mol. The molecule has 2 heteroatoms. The Labute approximate surface area is 60.6 Å². The lowest BCUT2D eigenvalue weighted by atomic mass is 10.2. The van der Waals surface area contributed by atoms with Gasteiger partial charge in [0.1, 0.15) is 0 Å². The number of allylic oxidation sites excluding steroid dienone is 1. The zero-order valence-corrected chi connectivity index (χ0v) is 7.01. The van der Waals surface area contributed by atoms with Gasteiger partial charge in [0, 0.05) is 5.75 Å². The largest absolute Gasteiger partial charge is 0.111 e. The van der Waals surface area contributed by atoms with Crippen LogP contribution in [0.25, 0.3) is 0 Å². The Morgan fingerprint density at radius 2 is 2.25 bits per heavy atom. The molecule has 0 aromatic rings. The first kappa shape index (κ1) is 8.44. The van der Waals surface area contributed by atoms with E-state index in [1.807, 2.05) is 0 Å². The summed E-state index contributed by atoms with van der Waals surface area (Å²) in [6.45, 7) is 4.33. The molecule has 0 aliphatic rings. The Bertz CT molecular complexity index is 66.9. The minimum absolute atomic E-state index is 0.676. The van der Waals surface area contributed by atoms with Crippen LogP contribution in [0.2, 0.25) is 0 Å². The molecule has 0 N–H and O–H groups in total. The molecular formula is C6H12S2. The van der Waals surface area contributed by atoms with Crippen molar-refractivity contribution in [2.45, 2.75) is 13.8 Å². The van der Waals surface area contributed by atoms with E-state index >= 15 is 0 Å². The van der Waals surface area contributed by atoms with Crippen molar-refractivity contribution >= 4 is 22.5 Å². The van der Waals surface area contributed by atoms with Crippen molar-refractivity contribution in [3.8, 4) is 0 Å². The van der Waals surface area contributed by atoms with Crippen LogP contribution in [0.5, 0.6) is 0 Å². The number of hydrogen-bond donors (Lipinski definition) is 1. The van der Waals surface area contributed by atoms with Crippen LogP contribution in [0, 0.1) is 5.92 Å². The van der Waals surface area contributed by atoms with Crippen molar-refractivity contribution in [2.75, 3.05) is 5.75 Å². The molecule has 0 heterocycles. The molecule has 0 fully saturated rings. The molecule has 0 atom stereocenters. The Morgan fingerprint density at radius 1 is 1.62 bits per heavy atom. The maximum atomic E-state index is 3.99. The van der Waals surface area contributed by atoms with Gasteiger partial charge < -0.3 is 0 Å². The molecule has 0 aromatic carbocycles. The van der Waals surface area contributed by atoms with Crippen LogP contribution in [-0.2, 0) is 0 Å². The van der Waals surface area contributed by atoms with E-state index in [0.717, 1.165) is 5.75 Å². The summed E-state index contributed by atoms with van der Waals surface area (Å²) in [5.41, 5.74) is 0. The summed E-state index contributed by atoms with van der Waals surface area (Å²) in [6, 6.07) is 0. The predicted octanol–water partition coefficient (Wildman–Crippen LogP) is 2.78. The molecule has 0 aliphatic carbocycles. The van der Waals surface area contributed by atoms with Crippen LogP contribution in [0.4, 0.5) is 0 Å². The lowest BCUT2D eigenvalue weighted by Crippen LogP contribution is -1.76. The van der Waals surface area contributed by atoms with Gasteiger partial charge in [-0.25, -0.2) is 0 Å². The van der Waals surface area contributed by atoms with Gasteiger partial charge in [0.2, 0.25) is 0 Å². The molecule has 0 aliphatic heterocycles. The van der Waals surface area contributed by atoms with Crippen LogP contribution < -0.4 is 0 Å². The second kappa shape index (κ2) is 5.57. The Kier molecular flexibility index (Phi) is 5.88. The minimum atomic E-state index is 0.676. The average molecular weight is 148 g/mol. The van der Waals surface area contributed by atoms with Gasteiger partial charge in [-0.15, -0.1) is 11.7 Å². The molecule has 8 heavy (non-hydrogen) atoms. The van der Waals surface area contributed by atoms with E-state index in [4.69, 9.17) is 0 Å². The van der Waals surface area contributed by atoms with Gasteiger partial charge in [-0.05, 0) is 5.92 Å². The molecule has 0 aromatic heterocycles. The first-order valence-corrected chi connectivity index (χ1v) is 4.74. The van der Waals surface area contributed by atoms with Gasteiger partial charge in [-0.2, -0.15) is 0 Å². The summed E-state index contributed by atoms with van der Waals surface area (Å²) >= 11 is 3.99. The van der Waals surface area contributed by atoms with E-state index in [9.17, 15) is 0 Å². The van der Waals surface area contributed by atoms with Gasteiger partial charge in [-0.1, -0.05) is 36.8 Å². The fraction of sp³-hybridized carbons (Fsp3) is 0.667. The van der Waals surface area contributed by atoms with Crippen molar-refractivity contribution in [1.82, 2.24) is 0 Å². The summed E-state index contributed by atoms with van der Waals surface area (Å²) in [5.74, 6) is 1.69. The van der Waals surface area contributed by atoms with Crippen molar-refractivity contribution < 1.29 is 0 Å². The molecule has 0 saturated heterocycles. The van der Waals surface area contributed by atoms with E-state index in [-0.39, 0.29) is 0 Å². The number of hydrogen-bond acceptors (Lipinski definition) is 2. The third-order valence-electron chi connectivity index (χ3n) is 0.692. The molecule has 0 nitrogen and oxygen atoms in total. The highest BCUT2D eigenvalue weighted by molar-refractivity contribution is 8.68. The van der Waals surface area contributed by atoms with Crippen molar-refractivity contribution in [3.63, 3.8) is 0 Å². The van der Waals surface area contributed by atoms with E-state index in [1.54, 1.807) is 10.8 Å². The van der Waals surface area contributed by atoms with Gasteiger partial charge in [-0.3, -0.25) is 0 Å². The molecule has 0 rings (SSSR count). The number of thiol groups is 1. The van der Waals surface area contributed by atoms with Gasteiger partial charge in [0.05, 0.1) is 0 Å². The maximum Gasteiger partial charge on any atom is 0.0215 e. The van der Waals surface area contributed by atoms with Crippen LogP contribution >= 0.6 is 22.5 Å². The molecule has 48 valence electrons. The first-order chi connectivity index (χ1) is 3.77. The highest BCUT2D eigenvalue weighted by Gasteiger charge is 1.80. The SMILES string of the molecule is CC(C)/C=C/CSS. The van der Waals surface area contributed by atoms with Gasteiger partial charge in [0.15, 0.2) is 0 Å². The Hall–Kier alpha value is 0.440.